The van der Waals surface area contributed by atoms with E-state index in [2.05, 4.69) is 32.0 Å². The highest BCUT2D eigenvalue weighted by Crippen LogP contribution is 2.30. The molecule has 0 amide bonds. The summed E-state index contributed by atoms with van der Waals surface area (Å²) in [7, 11) is 1.67. The summed E-state index contributed by atoms with van der Waals surface area (Å²) < 4.78 is 5.28. The average molecular weight is 255 g/mol. The molecule has 0 fully saturated rings. The van der Waals surface area contributed by atoms with Crippen molar-refractivity contribution in [3.05, 3.63) is 64.7 Å². The second-order valence-electron chi connectivity index (χ2n) is 5.31. The van der Waals surface area contributed by atoms with Gasteiger partial charge in [-0.05, 0) is 44.0 Å². The van der Waals surface area contributed by atoms with E-state index >= 15 is 0 Å². The van der Waals surface area contributed by atoms with Crippen LogP contribution in [-0.4, -0.2) is 7.11 Å². The van der Waals surface area contributed by atoms with Crippen molar-refractivity contribution in [1.29, 1.82) is 0 Å². The molecule has 0 saturated heterocycles. The summed E-state index contributed by atoms with van der Waals surface area (Å²) in [6, 6.07) is 14.4. The van der Waals surface area contributed by atoms with Crippen molar-refractivity contribution >= 4 is 0 Å². The van der Waals surface area contributed by atoms with Crippen molar-refractivity contribution in [2.45, 2.75) is 26.3 Å². The molecule has 2 nitrogen and oxygen atoms in total. The molecule has 0 aliphatic rings. The van der Waals surface area contributed by atoms with E-state index < -0.39 is 5.54 Å². The summed E-state index contributed by atoms with van der Waals surface area (Å²) in [5, 5.41) is 0. The smallest absolute Gasteiger partial charge is 0.119 e. The van der Waals surface area contributed by atoms with Crippen LogP contribution in [0.15, 0.2) is 42.5 Å². The second-order valence-corrected chi connectivity index (χ2v) is 5.31. The van der Waals surface area contributed by atoms with E-state index in [-0.39, 0.29) is 0 Å². The maximum absolute atomic E-state index is 6.57. The van der Waals surface area contributed by atoms with Gasteiger partial charge in [0.2, 0.25) is 0 Å². The molecule has 2 N–H and O–H groups in total. The summed E-state index contributed by atoms with van der Waals surface area (Å²) in [4.78, 5) is 0. The second kappa shape index (κ2) is 5.06. The number of hydrogen-bond donors (Lipinski definition) is 1. The number of hydrogen-bond acceptors (Lipinski definition) is 2. The van der Waals surface area contributed by atoms with Crippen molar-refractivity contribution in [2.24, 2.45) is 5.73 Å². The maximum atomic E-state index is 6.57. The van der Waals surface area contributed by atoms with Crippen molar-refractivity contribution in [3.8, 4) is 5.75 Å². The predicted octanol–water partition coefficient (Wildman–Crippen LogP) is 3.53. The Labute approximate surface area is 115 Å². The van der Waals surface area contributed by atoms with Crippen LogP contribution < -0.4 is 10.5 Å². The van der Waals surface area contributed by atoms with Gasteiger partial charge in [-0.15, -0.1) is 0 Å². The summed E-state index contributed by atoms with van der Waals surface area (Å²) in [5.41, 5.74) is 10.7. The Bertz CT molecular complexity index is 567. The molecule has 0 bridgehead atoms. The van der Waals surface area contributed by atoms with Gasteiger partial charge in [0, 0.05) is 0 Å². The Morgan fingerprint density at radius 3 is 2.16 bits per heavy atom. The first-order valence-electron chi connectivity index (χ1n) is 6.45. The monoisotopic (exact) mass is 255 g/mol. The third-order valence-electron chi connectivity index (χ3n) is 3.49. The van der Waals surface area contributed by atoms with Gasteiger partial charge in [-0.3, -0.25) is 0 Å². The Morgan fingerprint density at radius 1 is 0.947 bits per heavy atom. The van der Waals surface area contributed by atoms with Crippen molar-refractivity contribution in [2.75, 3.05) is 7.11 Å². The fourth-order valence-corrected chi connectivity index (χ4v) is 2.39. The molecular formula is C17H21NO. The van der Waals surface area contributed by atoms with E-state index in [1.165, 1.54) is 11.1 Å². The van der Waals surface area contributed by atoms with Crippen LogP contribution in [0.2, 0.25) is 0 Å². The van der Waals surface area contributed by atoms with Gasteiger partial charge in [-0.2, -0.15) is 0 Å². The van der Waals surface area contributed by atoms with Gasteiger partial charge in [0.05, 0.1) is 12.6 Å². The van der Waals surface area contributed by atoms with Gasteiger partial charge >= 0.3 is 0 Å². The molecule has 2 aromatic rings. The quantitative estimate of drug-likeness (QED) is 0.910. The topological polar surface area (TPSA) is 35.2 Å². The molecule has 2 aromatic carbocycles. The fraction of sp³-hybridized carbons (Fsp3) is 0.294. The molecule has 0 saturated carbocycles. The lowest BCUT2D eigenvalue weighted by Crippen LogP contribution is -2.34. The Morgan fingerprint density at radius 2 is 1.58 bits per heavy atom. The van der Waals surface area contributed by atoms with Crippen LogP contribution in [0.5, 0.6) is 5.75 Å². The van der Waals surface area contributed by atoms with Gasteiger partial charge in [0.1, 0.15) is 5.75 Å². The number of ether oxygens (including phenoxy) is 1. The molecule has 0 aliphatic carbocycles. The van der Waals surface area contributed by atoms with Crippen LogP contribution in [-0.2, 0) is 5.54 Å². The number of benzene rings is 2. The van der Waals surface area contributed by atoms with E-state index in [0.717, 1.165) is 16.9 Å². The van der Waals surface area contributed by atoms with Crippen molar-refractivity contribution in [3.63, 3.8) is 0 Å². The van der Waals surface area contributed by atoms with Gasteiger partial charge in [0.15, 0.2) is 0 Å². The third-order valence-corrected chi connectivity index (χ3v) is 3.49. The molecule has 0 spiro atoms. The molecule has 100 valence electrons. The average Bonchev–Trinajstić information content (AvgIpc) is 2.37. The van der Waals surface area contributed by atoms with Crippen LogP contribution in [0.1, 0.15) is 29.2 Å². The fourth-order valence-electron chi connectivity index (χ4n) is 2.39. The highest BCUT2D eigenvalue weighted by molar-refractivity contribution is 5.43. The molecule has 2 heteroatoms. The van der Waals surface area contributed by atoms with E-state index in [9.17, 15) is 0 Å². The summed E-state index contributed by atoms with van der Waals surface area (Å²) in [6.07, 6.45) is 0. The van der Waals surface area contributed by atoms with Crippen LogP contribution in [0.25, 0.3) is 0 Å². The zero-order chi connectivity index (χ0) is 14.0. The predicted molar refractivity (Wildman–Crippen MR) is 79.6 cm³/mol. The first-order chi connectivity index (χ1) is 8.93. The van der Waals surface area contributed by atoms with Gasteiger partial charge < -0.3 is 10.5 Å². The largest absolute Gasteiger partial charge is 0.497 e. The van der Waals surface area contributed by atoms with E-state index in [1.54, 1.807) is 7.11 Å². The molecule has 1 unspecified atom stereocenters. The Balaban J connectivity index is 2.50. The Kier molecular flexibility index (Phi) is 3.63. The SMILES string of the molecule is COc1cccc(C(C)(N)c2cc(C)cc(C)c2)c1. The number of rotatable bonds is 3. The minimum Gasteiger partial charge on any atom is -0.497 e. The van der Waals surface area contributed by atoms with Crippen LogP contribution in [0, 0.1) is 13.8 Å². The molecule has 0 heterocycles. The van der Waals surface area contributed by atoms with Crippen LogP contribution in [0.3, 0.4) is 0 Å². The summed E-state index contributed by atoms with van der Waals surface area (Å²) in [5.74, 6) is 0.832. The molecule has 0 aliphatic heterocycles. The van der Waals surface area contributed by atoms with Gasteiger partial charge in [-0.25, -0.2) is 0 Å². The lowest BCUT2D eigenvalue weighted by molar-refractivity contribution is 0.413. The van der Waals surface area contributed by atoms with Crippen LogP contribution >= 0.6 is 0 Å². The van der Waals surface area contributed by atoms with Gasteiger partial charge in [0.25, 0.3) is 0 Å². The summed E-state index contributed by atoms with van der Waals surface area (Å²) >= 11 is 0. The molecule has 0 radical (unpaired) electrons. The lowest BCUT2D eigenvalue weighted by Gasteiger charge is -2.27. The van der Waals surface area contributed by atoms with Gasteiger partial charge in [-0.1, -0.05) is 41.5 Å². The lowest BCUT2D eigenvalue weighted by atomic mass is 9.84. The highest BCUT2D eigenvalue weighted by Gasteiger charge is 2.24. The molecule has 0 aromatic heterocycles. The minimum atomic E-state index is -0.523. The molecule has 1 atom stereocenters. The standard InChI is InChI=1S/C17H21NO/c1-12-8-13(2)10-15(9-12)17(3,18)14-6-5-7-16(11-14)19-4/h5-11H,18H2,1-4H3. The molecule has 19 heavy (non-hydrogen) atoms. The normalized spacial score (nSPS) is 13.9. The highest BCUT2D eigenvalue weighted by atomic mass is 16.5. The van der Waals surface area contributed by atoms with Crippen molar-refractivity contribution in [1.82, 2.24) is 0 Å². The van der Waals surface area contributed by atoms with E-state index in [1.807, 2.05) is 31.2 Å². The number of aryl methyl sites for hydroxylation is 2. The third kappa shape index (κ3) is 2.79. The maximum Gasteiger partial charge on any atom is 0.119 e. The molecular weight excluding hydrogens is 234 g/mol. The van der Waals surface area contributed by atoms with Crippen LogP contribution in [0.4, 0.5) is 0 Å². The minimum absolute atomic E-state index is 0.523. The summed E-state index contributed by atoms with van der Waals surface area (Å²) in [6.45, 7) is 6.23. The first-order valence-corrected chi connectivity index (χ1v) is 6.45. The van der Waals surface area contributed by atoms with E-state index in [0.29, 0.717) is 0 Å². The zero-order valence-electron chi connectivity index (χ0n) is 12.0. The zero-order valence-corrected chi connectivity index (χ0v) is 12.0. The molecule has 2 rings (SSSR count). The van der Waals surface area contributed by atoms with Crippen molar-refractivity contribution < 1.29 is 4.74 Å². The Hall–Kier alpha value is -1.80. The van der Waals surface area contributed by atoms with E-state index in [4.69, 9.17) is 10.5 Å². The number of methoxy groups -OCH3 is 1. The number of nitrogens with two attached hydrogens (primary N) is 1. The first kappa shape index (κ1) is 13.6.